The van der Waals surface area contributed by atoms with E-state index in [1.54, 1.807) is 6.08 Å². The van der Waals surface area contributed by atoms with E-state index in [1.807, 2.05) is 19.1 Å². The van der Waals surface area contributed by atoms with E-state index >= 15 is 0 Å². The summed E-state index contributed by atoms with van der Waals surface area (Å²) in [4.78, 5) is 23.5. The fourth-order valence-corrected chi connectivity index (χ4v) is 2.67. The maximum Gasteiger partial charge on any atom is 0.175 e. The van der Waals surface area contributed by atoms with Crippen LogP contribution in [0.5, 0.6) is 0 Å². The second-order valence-electron chi connectivity index (χ2n) is 4.62. The fourth-order valence-electron chi connectivity index (χ4n) is 2.67. The average molecular weight is 204 g/mol. The summed E-state index contributed by atoms with van der Waals surface area (Å²) in [6.45, 7) is 1.93. The van der Waals surface area contributed by atoms with Crippen LogP contribution in [0.2, 0.25) is 0 Å². The van der Waals surface area contributed by atoms with E-state index in [0.717, 1.165) is 5.57 Å². The third kappa shape index (κ3) is 1.04. The first kappa shape index (κ1) is 9.04. The van der Waals surface area contributed by atoms with Gasteiger partial charge in [0.05, 0.1) is 11.5 Å². The Kier molecular flexibility index (Phi) is 1.61. The monoisotopic (exact) mass is 204 g/mol. The third-order valence-corrected chi connectivity index (χ3v) is 3.69. The molecule has 0 saturated carbocycles. The molecule has 1 aliphatic carbocycles. The van der Waals surface area contributed by atoms with Crippen LogP contribution in [0.25, 0.3) is 0 Å². The Morgan fingerprint density at radius 1 is 1.33 bits per heavy atom. The van der Waals surface area contributed by atoms with Gasteiger partial charge in [-0.05, 0) is 31.1 Å². The van der Waals surface area contributed by atoms with Gasteiger partial charge in [0.15, 0.2) is 11.6 Å². The van der Waals surface area contributed by atoms with Gasteiger partial charge in [-0.1, -0.05) is 6.08 Å². The molecule has 3 rings (SSSR count). The summed E-state index contributed by atoms with van der Waals surface area (Å²) in [5.41, 5.74) is 0.388. The molecule has 0 unspecified atom stereocenters. The van der Waals surface area contributed by atoms with Gasteiger partial charge >= 0.3 is 0 Å². The summed E-state index contributed by atoms with van der Waals surface area (Å²) in [7, 11) is 0. The van der Waals surface area contributed by atoms with Crippen LogP contribution >= 0.6 is 0 Å². The van der Waals surface area contributed by atoms with Crippen LogP contribution in [-0.4, -0.2) is 23.8 Å². The van der Waals surface area contributed by atoms with E-state index in [0.29, 0.717) is 12.8 Å². The van der Waals surface area contributed by atoms with Gasteiger partial charge in [-0.15, -0.1) is 0 Å². The van der Waals surface area contributed by atoms with Gasteiger partial charge in [0.1, 0.15) is 6.10 Å². The molecular weight excluding hydrogens is 192 g/mol. The lowest BCUT2D eigenvalue weighted by atomic mass is 9.67. The van der Waals surface area contributed by atoms with Crippen LogP contribution in [0.1, 0.15) is 19.8 Å². The van der Waals surface area contributed by atoms with Gasteiger partial charge in [0.2, 0.25) is 0 Å². The van der Waals surface area contributed by atoms with Gasteiger partial charge in [-0.2, -0.15) is 0 Å². The zero-order chi connectivity index (χ0) is 10.6. The van der Waals surface area contributed by atoms with Crippen LogP contribution in [0, 0.1) is 5.41 Å². The number of carbonyl (C=O) groups is 2. The van der Waals surface area contributed by atoms with Crippen LogP contribution in [0.3, 0.4) is 0 Å². The van der Waals surface area contributed by atoms with Crippen LogP contribution in [0.4, 0.5) is 0 Å². The lowest BCUT2D eigenvalue weighted by Gasteiger charge is -2.40. The largest absolute Gasteiger partial charge is 0.355 e. The van der Waals surface area contributed by atoms with Crippen molar-refractivity contribution < 1.29 is 14.3 Å². The topological polar surface area (TPSA) is 43.4 Å². The number of rotatable bonds is 0. The van der Waals surface area contributed by atoms with E-state index in [4.69, 9.17) is 4.74 Å². The Morgan fingerprint density at radius 2 is 2.07 bits per heavy atom. The van der Waals surface area contributed by atoms with Crippen molar-refractivity contribution in [2.45, 2.75) is 32.0 Å². The second kappa shape index (κ2) is 2.67. The normalized spacial score (nSPS) is 42.9. The summed E-state index contributed by atoms with van der Waals surface area (Å²) >= 11 is 0. The Morgan fingerprint density at radius 3 is 2.87 bits per heavy atom. The van der Waals surface area contributed by atoms with Gasteiger partial charge in [-0.3, -0.25) is 9.59 Å². The molecule has 3 heteroatoms. The quantitative estimate of drug-likeness (QED) is 0.557. The molecule has 0 aromatic heterocycles. The molecule has 0 radical (unpaired) electrons. The summed E-state index contributed by atoms with van der Waals surface area (Å²) in [6, 6.07) is 0. The van der Waals surface area contributed by atoms with Crippen molar-refractivity contribution in [2.24, 2.45) is 5.41 Å². The maximum atomic E-state index is 12.1. The number of allylic oxidation sites excluding steroid dienone is 1. The minimum atomic E-state index is -0.467. The molecule has 3 aliphatic rings. The SMILES string of the molecule is C[C@@]12CCC(=O)C=C1[C@H]1C=C[C@H](O1)C2=O. The summed E-state index contributed by atoms with van der Waals surface area (Å²) in [6.07, 6.45) is 5.88. The summed E-state index contributed by atoms with van der Waals surface area (Å²) in [5.74, 6) is 0.212. The van der Waals surface area contributed by atoms with Crippen molar-refractivity contribution in [3.63, 3.8) is 0 Å². The predicted molar refractivity (Wildman–Crippen MR) is 53.2 cm³/mol. The van der Waals surface area contributed by atoms with E-state index < -0.39 is 5.41 Å². The van der Waals surface area contributed by atoms with Crippen LogP contribution in [0.15, 0.2) is 23.8 Å². The second-order valence-corrected chi connectivity index (χ2v) is 4.62. The first-order valence-corrected chi connectivity index (χ1v) is 5.24. The predicted octanol–water partition coefficient (Wildman–Crippen LogP) is 1.19. The van der Waals surface area contributed by atoms with Crippen molar-refractivity contribution in [1.29, 1.82) is 0 Å². The minimum absolute atomic E-state index is 0.103. The lowest BCUT2D eigenvalue weighted by molar-refractivity contribution is -0.142. The van der Waals surface area contributed by atoms with Crippen molar-refractivity contribution >= 4 is 11.6 Å². The van der Waals surface area contributed by atoms with E-state index in [9.17, 15) is 9.59 Å². The smallest absolute Gasteiger partial charge is 0.175 e. The molecule has 2 heterocycles. The van der Waals surface area contributed by atoms with Gasteiger partial charge in [0.25, 0.3) is 0 Å². The number of ketones is 2. The molecule has 1 saturated heterocycles. The molecule has 0 aromatic rings. The molecule has 3 atom stereocenters. The molecule has 15 heavy (non-hydrogen) atoms. The van der Waals surface area contributed by atoms with Crippen LogP contribution in [-0.2, 0) is 14.3 Å². The van der Waals surface area contributed by atoms with Crippen molar-refractivity contribution in [3.8, 4) is 0 Å². The molecule has 2 bridgehead atoms. The van der Waals surface area contributed by atoms with E-state index in [1.165, 1.54) is 0 Å². The highest BCUT2D eigenvalue weighted by molar-refractivity contribution is 6.01. The van der Waals surface area contributed by atoms with Crippen molar-refractivity contribution in [3.05, 3.63) is 23.8 Å². The highest BCUT2D eigenvalue weighted by Gasteiger charge is 2.51. The standard InChI is InChI=1S/C12H12O3/c1-12-5-4-7(13)6-8(12)9-2-3-10(15-9)11(12)14/h2-3,6,9-10H,4-5H2,1H3/t9-,10+,12-/m1/s1. The number of hydrogen-bond acceptors (Lipinski definition) is 3. The molecule has 0 N–H and O–H groups in total. The molecule has 0 amide bonds. The lowest BCUT2D eigenvalue weighted by Crippen LogP contribution is -2.47. The maximum absolute atomic E-state index is 12.1. The summed E-state index contributed by atoms with van der Waals surface area (Å²) in [5, 5.41) is 0. The van der Waals surface area contributed by atoms with Gasteiger partial charge in [-0.25, -0.2) is 0 Å². The summed E-state index contributed by atoms with van der Waals surface area (Å²) < 4.78 is 5.51. The average Bonchev–Trinajstić information content (AvgIpc) is 2.65. The highest BCUT2D eigenvalue weighted by Crippen LogP contribution is 2.47. The molecule has 78 valence electrons. The Balaban J connectivity index is 2.15. The van der Waals surface area contributed by atoms with Gasteiger partial charge in [0, 0.05) is 6.42 Å². The Bertz CT molecular complexity index is 419. The number of carbonyl (C=O) groups excluding carboxylic acids is 2. The highest BCUT2D eigenvalue weighted by atomic mass is 16.5. The number of hydrogen-bond donors (Lipinski definition) is 0. The number of Topliss-reactive ketones (excluding diaryl/α,β-unsaturated/α-hetero) is 1. The molecule has 0 aromatic carbocycles. The molecule has 3 nitrogen and oxygen atoms in total. The van der Waals surface area contributed by atoms with Crippen LogP contribution < -0.4 is 0 Å². The fraction of sp³-hybridized carbons (Fsp3) is 0.500. The molecule has 1 fully saturated rings. The first-order valence-electron chi connectivity index (χ1n) is 5.24. The first-order chi connectivity index (χ1) is 7.11. The Hall–Kier alpha value is -1.22. The van der Waals surface area contributed by atoms with Crippen molar-refractivity contribution in [2.75, 3.05) is 0 Å². The minimum Gasteiger partial charge on any atom is -0.355 e. The Labute approximate surface area is 87.8 Å². The zero-order valence-electron chi connectivity index (χ0n) is 8.53. The number of fused-ring (bicyclic) bond motifs is 4. The van der Waals surface area contributed by atoms with Gasteiger partial charge < -0.3 is 4.74 Å². The number of ether oxygens (including phenoxy) is 1. The zero-order valence-corrected chi connectivity index (χ0v) is 8.53. The van der Waals surface area contributed by atoms with Crippen molar-refractivity contribution in [1.82, 2.24) is 0 Å². The third-order valence-electron chi connectivity index (χ3n) is 3.69. The van der Waals surface area contributed by atoms with E-state index in [-0.39, 0.29) is 23.8 Å². The molecule has 2 aliphatic heterocycles. The molecule has 0 spiro atoms. The molecular formula is C12H12O3. The van der Waals surface area contributed by atoms with E-state index in [2.05, 4.69) is 0 Å².